The van der Waals surface area contributed by atoms with E-state index in [1.807, 2.05) is 49.5 Å². The zero-order valence-corrected chi connectivity index (χ0v) is 20.0. The number of anilines is 1. The molecule has 7 heteroatoms. The highest BCUT2D eigenvalue weighted by Crippen LogP contribution is 2.30. The van der Waals surface area contributed by atoms with Crippen molar-refractivity contribution in [1.29, 1.82) is 0 Å². The molecule has 0 unspecified atom stereocenters. The van der Waals surface area contributed by atoms with Crippen molar-refractivity contribution >= 4 is 40.8 Å². The molecular weight excluding hydrogens is 459 g/mol. The van der Waals surface area contributed by atoms with Gasteiger partial charge in [-0.2, -0.15) is 0 Å². The molecule has 172 valence electrons. The third-order valence-corrected chi connectivity index (χ3v) is 5.97. The quantitative estimate of drug-likeness (QED) is 0.339. The first-order valence-corrected chi connectivity index (χ1v) is 11.7. The van der Waals surface area contributed by atoms with E-state index in [-0.39, 0.29) is 0 Å². The minimum atomic E-state index is 0.361. The fourth-order valence-corrected chi connectivity index (χ4v) is 3.82. The molecule has 1 aliphatic rings. The lowest BCUT2D eigenvalue weighted by molar-refractivity contribution is 0.122. The summed E-state index contributed by atoms with van der Waals surface area (Å²) in [4.78, 5) is 6.93. The molecule has 0 aliphatic carbocycles. The molecule has 33 heavy (non-hydrogen) atoms. The van der Waals surface area contributed by atoms with Gasteiger partial charge in [0.05, 0.1) is 35.6 Å². The maximum atomic E-state index is 6.10. The van der Waals surface area contributed by atoms with E-state index in [0.29, 0.717) is 34.8 Å². The second-order valence-corrected chi connectivity index (χ2v) is 8.36. The van der Waals surface area contributed by atoms with Crippen LogP contribution in [0.15, 0.2) is 65.7 Å². The standard InChI is InChI=1S/C26H26Cl2N2O3/c1-2-32-26-16-19(4-10-25(26)33-18-20-3-9-23(27)24(28)15-20)17-29-21-5-7-22(8-6-21)30-11-13-31-14-12-30/h3-10,15-17H,2,11-14,18H2,1H3. The smallest absolute Gasteiger partial charge is 0.161 e. The van der Waals surface area contributed by atoms with Gasteiger partial charge in [-0.3, -0.25) is 4.99 Å². The summed E-state index contributed by atoms with van der Waals surface area (Å²) in [7, 11) is 0. The van der Waals surface area contributed by atoms with Crippen LogP contribution < -0.4 is 14.4 Å². The van der Waals surface area contributed by atoms with E-state index in [1.165, 1.54) is 5.69 Å². The summed E-state index contributed by atoms with van der Waals surface area (Å²) in [6, 6.07) is 19.5. The molecule has 0 aromatic heterocycles. The number of benzene rings is 3. The van der Waals surface area contributed by atoms with Crippen LogP contribution in [0.4, 0.5) is 11.4 Å². The second kappa shape index (κ2) is 11.4. The van der Waals surface area contributed by atoms with Gasteiger partial charge in [-0.15, -0.1) is 0 Å². The van der Waals surface area contributed by atoms with Crippen molar-refractivity contribution in [3.05, 3.63) is 81.8 Å². The Kier molecular flexibility index (Phi) is 8.10. The third-order valence-electron chi connectivity index (χ3n) is 5.23. The molecular formula is C26H26Cl2N2O3. The second-order valence-electron chi connectivity index (χ2n) is 7.55. The Morgan fingerprint density at radius 3 is 2.42 bits per heavy atom. The van der Waals surface area contributed by atoms with E-state index in [1.54, 1.807) is 12.1 Å². The lowest BCUT2D eigenvalue weighted by Crippen LogP contribution is -2.36. The Morgan fingerprint density at radius 2 is 1.70 bits per heavy atom. The number of ether oxygens (including phenoxy) is 3. The van der Waals surface area contributed by atoms with Crippen LogP contribution in [-0.2, 0) is 11.3 Å². The van der Waals surface area contributed by atoms with Crippen LogP contribution >= 0.6 is 23.2 Å². The van der Waals surface area contributed by atoms with Gasteiger partial charge in [-0.05, 0) is 72.6 Å². The number of hydrogen-bond donors (Lipinski definition) is 0. The minimum Gasteiger partial charge on any atom is -0.490 e. The number of rotatable bonds is 8. The normalized spacial score (nSPS) is 14.0. The van der Waals surface area contributed by atoms with E-state index in [4.69, 9.17) is 37.4 Å². The molecule has 4 rings (SSSR count). The van der Waals surface area contributed by atoms with Crippen molar-refractivity contribution in [2.45, 2.75) is 13.5 Å². The molecule has 1 aliphatic heterocycles. The number of nitrogens with zero attached hydrogens (tertiary/aromatic N) is 2. The number of hydrogen-bond acceptors (Lipinski definition) is 5. The molecule has 0 N–H and O–H groups in total. The topological polar surface area (TPSA) is 43.3 Å². The van der Waals surface area contributed by atoms with Crippen molar-refractivity contribution in [2.75, 3.05) is 37.8 Å². The monoisotopic (exact) mass is 484 g/mol. The van der Waals surface area contributed by atoms with E-state index in [0.717, 1.165) is 43.1 Å². The van der Waals surface area contributed by atoms with Gasteiger partial charge in [0.1, 0.15) is 6.61 Å². The fourth-order valence-electron chi connectivity index (χ4n) is 3.50. The van der Waals surface area contributed by atoms with E-state index in [2.05, 4.69) is 22.0 Å². The van der Waals surface area contributed by atoms with Crippen LogP contribution in [0.3, 0.4) is 0 Å². The van der Waals surface area contributed by atoms with Crippen LogP contribution in [0.1, 0.15) is 18.1 Å². The Hall–Kier alpha value is -2.73. The Labute approximate surface area is 204 Å². The average molecular weight is 485 g/mol. The maximum Gasteiger partial charge on any atom is 0.161 e. The SMILES string of the molecule is CCOc1cc(C=Nc2ccc(N3CCOCC3)cc2)ccc1OCc1ccc(Cl)c(Cl)c1. The largest absolute Gasteiger partial charge is 0.490 e. The first-order chi connectivity index (χ1) is 16.1. The highest BCUT2D eigenvalue weighted by atomic mass is 35.5. The van der Waals surface area contributed by atoms with Gasteiger partial charge in [-0.25, -0.2) is 0 Å². The van der Waals surface area contributed by atoms with Gasteiger partial charge >= 0.3 is 0 Å². The molecule has 0 amide bonds. The lowest BCUT2D eigenvalue weighted by atomic mass is 10.2. The first-order valence-electron chi connectivity index (χ1n) is 10.9. The highest BCUT2D eigenvalue weighted by molar-refractivity contribution is 6.42. The van der Waals surface area contributed by atoms with Crippen LogP contribution in [0, 0.1) is 0 Å². The van der Waals surface area contributed by atoms with Crippen LogP contribution in [-0.4, -0.2) is 39.1 Å². The summed E-state index contributed by atoms with van der Waals surface area (Å²) >= 11 is 12.1. The zero-order chi connectivity index (χ0) is 23.0. The molecule has 0 radical (unpaired) electrons. The molecule has 1 heterocycles. The molecule has 5 nitrogen and oxygen atoms in total. The predicted octanol–water partition coefficient (Wildman–Crippen LogP) is 6.56. The molecule has 0 atom stereocenters. The number of aliphatic imine (C=N–C) groups is 1. The zero-order valence-electron chi connectivity index (χ0n) is 18.5. The van der Waals surface area contributed by atoms with Gasteiger partial charge in [0.15, 0.2) is 11.5 Å². The van der Waals surface area contributed by atoms with Crippen molar-refractivity contribution in [1.82, 2.24) is 0 Å². The third kappa shape index (κ3) is 6.41. The molecule has 0 saturated carbocycles. The number of halogens is 2. The van der Waals surface area contributed by atoms with Crippen molar-refractivity contribution in [3.8, 4) is 11.5 Å². The molecule has 0 bridgehead atoms. The molecule has 3 aromatic rings. The van der Waals surface area contributed by atoms with Crippen LogP contribution in [0.5, 0.6) is 11.5 Å². The fraction of sp³-hybridized carbons (Fsp3) is 0.269. The van der Waals surface area contributed by atoms with Crippen molar-refractivity contribution in [2.24, 2.45) is 4.99 Å². The summed E-state index contributed by atoms with van der Waals surface area (Å²) in [6.07, 6.45) is 1.83. The summed E-state index contributed by atoms with van der Waals surface area (Å²) in [6.45, 7) is 6.22. The molecule has 1 fully saturated rings. The minimum absolute atomic E-state index is 0.361. The van der Waals surface area contributed by atoms with E-state index < -0.39 is 0 Å². The van der Waals surface area contributed by atoms with E-state index >= 15 is 0 Å². The Morgan fingerprint density at radius 1 is 0.909 bits per heavy atom. The first kappa shape index (κ1) is 23.4. The summed E-state index contributed by atoms with van der Waals surface area (Å²) in [5.41, 5.74) is 3.94. The van der Waals surface area contributed by atoms with E-state index in [9.17, 15) is 0 Å². The predicted molar refractivity (Wildman–Crippen MR) is 135 cm³/mol. The van der Waals surface area contributed by atoms with Crippen molar-refractivity contribution < 1.29 is 14.2 Å². The Balaban J connectivity index is 1.42. The highest BCUT2D eigenvalue weighted by Gasteiger charge is 2.11. The molecule has 0 spiro atoms. The van der Waals surface area contributed by atoms with Crippen molar-refractivity contribution in [3.63, 3.8) is 0 Å². The average Bonchev–Trinajstić information content (AvgIpc) is 2.85. The van der Waals surface area contributed by atoms with Gasteiger partial charge in [0.2, 0.25) is 0 Å². The lowest BCUT2D eigenvalue weighted by Gasteiger charge is -2.28. The Bertz CT molecular complexity index is 1100. The summed E-state index contributed by atoms with van der Waals surface area (Å²) in [5, 5.41) is 1.03. The maximum absolute atomic E-state index is 6.10. The van der Waals surface area contributed by atoms with Gasteiger partial charge < -0.3 is 19.1 Å². The van der Waals surface area contributed by atoms with Gasteiger partial charge in [0.25, 0.3) is 0 Å². The summed E-state index contributed by atoms with van der Waals surface area (Å²) in [5.74, 6) is 1.33. The van der Waals surface area contributed by atoms with Crippen LogP contribution in [0.25, 0.3) is 0 Å². The van der Waals surface area contributed by atoms with Gasteiger partial charge in [-0.1, -0.05) is 29.3 Å². The molecule has 1 saturated heterocycles. The molecule has 3 aromatic carbocycles. The van der Waals surface area contributed by atoms with Gasteiger partial charge in [0, 0.05) is 25.0 Å². The van der Waals surface area contributed by atoms with Crippen LogP contribution in [0.2, 0.25) is 10.0 Å². The number of morpholine rings is 1. The summed E-state index contributed by atoms with van der Waals surface area (Å²) < 4.78 is 17.2.